The molecule has 0 spiro atoms. The highest BCUT2D eigenvalue weighted by atomic mass is 19.4. The number of methoxy groups -OCH3 is 1. The molecule has 0 N–H and O–H groups in total. The van der Waals surface area contributed by atoms with Gasteiger partial charge in [-0.2, -0.15) is 22.0 Å². The molecule has 0 heterocycles. The van der Waals surface area contributed by atoms with Crippen molar-refractivity contribution in [2.24, 2.45) is 0 Å². The molecule has 1 aromatic carbocycles. The van der Waals surface area contributed by atoms with Gasteiger partial charge in [-0.3, -0.25) is 0 Å². The lowest BCUT2D eigenvalue weighted by Crippen LogP contribution is -2.46. The van der Waals surface area contributed by atoms with Crippen LogP contribution in [0, 0.1) is 0 Å². The lowest BCUT2D eigenvalue weighted by molar-refractivity contribution is -0.276. The van der Waals surface area contributed by atoms with E-state index in [0.717, 1.165) is 25.3 Å². The maximum Gasteiger partial charge on any atom is 0.465 e. The van der Waals surface area contributed by atoms with E-state index in [1.54, 1.807) is 13.8 Å². The van der Waals surface area contributed by atoms with Crippen molar-refractivity contribution >= 4 is 11.9 Å². The van der Waals surface area contributed by atoms with Crippen LogP contribution in [0.3, 0.4) is 0 Å². The summed E-state index contributed by atoms with van der Waals surface area (Å²) in [5.41, 5.74) is 0.162. The zero-order valence-electron chi connectivity index (χ0n) is 14.6. The van der Waals surface area contributed by atoms with Crippen LogP contribution in [0.5, 0.6) is 11.5 Å². The second-order valence-electron chi connectivity index (χ2n) is 4.96. The van der Waals surface area contributed by atoms with Gasteiger partial charge in [-0.25, -0.2) is 9.59 Å². The van der Waals surface area contributed by atoms with Gasteiger partial charge in [-0.05, 0) is 31.5 Å². The van der Waals surface area contributed by atoms with Crippen molar-refractivity contribution in [3.8, 4) is 11.5 Å². The Balaban J connectivity index is 3.16. The number of esters is 2. The molecular formula is C16H17F5O6. The Labute approximate surface area is 151 Å². The van der Waals surface area contributed by atoms with E-state index < -0.39 is 35.9 Å². The van der Waals surface area contributed by atoms with Crippen LogP contribution in [-0.4, -0.2) is 44.4 Å². The molecule has 0 aliphatic carbocycles. The molecule has 0 aliphatic rings. The quantitative estimate of drug-likeness (QED) is 0.378. The van der Waals surface area contributed by atoms with Crippen molar-refractivity contribution in [3.63, 3.8) is 0 Å². The van der Waals surface area contributed by atoms with Gasteiger partial charge in [-0.1, -0.05) is 6.07 Å². The topological polar surface area (TPSA) is 71.1 Å². The summed E-state index contributed by atoms with van der Waals surface area (Å²) in [5, 5.41) is 0. The van der Waals surface area contributed by atoms with Gasteiger partial charge >= 0.3 is 24.0 Å². The summed E-state index contributed by atoms with van der Waals surface area (Å²) in [6, 6.07) is 3.16. The lowest BCUT2D eigenvalue weighted by Gasteiger charge is -2.20. The van der Waals surface area contributed by atoms with Crippen LogP contribution >= 0.6 is 0 Å². The van der Waals surface area contributed by atoms with Crippen LogP contribution in [0.15, 0.2) is 18.2 Å². The predicted octanol–water partition coefficient (Wildman–Crippen LogP) is 3.44. The Hall–Kier alpha value is -2.43. The van der Waals surface area contributed by atoms with Gasteiger partial charge in [0.25, 0.3) is 0 Å². The molecule has 1 atom stereocenters. The first-order chi connectivity index (χ1) is 12.5. The monoisotopic (exact) mass is 400 g/mol. The van der Waals surface area contributed by atoms with Crippen molar-refractivity contribution in [2.45, 2.75) is 32.1 Å². The van der Waals surface area contributed by atoms with Gasteiger partial charge in [0.1, 0.15) is 0 Å². The molecule has 0 aliphatic heterocycles. The number of ether oxygens (including phenoxy) is 4. The van der Waals surface area contributed by atoms with Crippen molar-refractivity contribution < 1.29 is 50.5 Å². The average molecular weight is 400 g/mol. The zero-order chi connectivity index (χ0) is 20.8. The molecular weight excluding hydrogens is 383 g/mol. The Morgan fingerprint density at radius 2 is 1.67 bits per heavy atom. The number of hydrogen-bond donors (Lipinski definition) is 0. The first-order valence-corrected chi connectivity index (χ1v) is 7.62. The SMILES string of the molecule is CCOC(=O)C(OCC)c1ccc(OC(=O)C(F)(F)C(F)(F)F)c(OC)c1. The highest BCUT2D eigenvalue weighted by Crippen LogP contribution is 2.38. The highest BCUT2D eigenvalue weighted by molar-refractivity contribution is 5.82. The summed E-state index contributed by atoms with van der Waals surface area (Å²) in [6.45, 7) is 3.38. The molecule has 0 fully saturated rings. The Kier molecular flexibility index (Phi) is 7.52. The van der Waals surface area contributed by atoms with Crippen LogP contribution in [-0.2, 0) is 19.1 Å². The predicted molar refractivity (Wildman–Crippen MR) is 80.6 cm³/mol. The molecule has 0 bridgehead atoms. The molecule has 11 heteroatoms. The minimum atomic E-state index is -6.11. The molecule has 27 heavy (non-hydrogen) atoms. The number of hydrogen-bond acceptors (Lipinski definition) is 6. The fraction of sp³-hybridized carbons (Fsp3) is 0.500. The van der Waals surface area contributed by atoms with Gasteiger partial charge < -0.3 is 18.9 Å². The number of alkyl halides is 5. The summed E-state index contributed by atoms with van der Waals surface area (Å²) >= 11 is 0. The summed E-state index contributed by atoms with van der Waals surface area (Å²) in [4.78, 5) is 23.2. The summed E-state index contributed by atoms with van der Waals surface area (Å²) in [5.74, 6) is -10.3. The Morgan fingerprint density at radius 1 is 1.04 bits per heavy atom. The molecule has 152 valence electrons. The maximum atomic E-state index is 13.0. The fourth-order valence-corrected chi connectivity index (χ4v) is 1.90. The number of carbonyl (C=O) groups is 2. The normalized spacial score (nSPS) is 13.0. The number of rotatable bonds is 8. The molecule has 0 saturated carbocycles. The fourth-order valence-electron chi connectivity index (χ4n) is 1.90. The van der Waals surface area contributed by atoms with Crippen LogP contribution in [0.1, 0.15) is 25.5 Å². The second kappa shape index (κ2) is 8.98. The van der Waals surface area contributed by atoms with Crippen molar-refractivity contribution in [3.05, 3.63) is 23.8 Å². The standard InChI is InChI=1S/C16H17F5O6/c1-4-25-12(13(22)26-5-2)9-6-7-10(11(8-9)24-3)27-14(23)15(17,18)16(19,20)21/h6-8,12H,4-5H2,1-3H3. The van der Waals surface area contributed by atoms with Crippen LogP contribution in [0.25, 0.3) is 0 Å². The number of benzene rings is 1. The molecule has 1 unspecified atom stereocenters. The van der Waals surface area contributed by atoms with E-state index in [2.05, 4.69) is 4.74 Å². The Morgan fingerprint density at radius 3 is 2.15 bits per heavy atom. The van der Waals surface area contributed by atoms with E-state index in [9.17, 15) is 31.5 Å². The van der Waals surface area contributed by atoms with E-state index in [-0.39, 0.29) is 24.5 Å². The van der Waals surface area contributed by atoms with E-state index in [4.69, 9.17) is 14.2 Å². The van der Waals surface area contributed by atoms with Crippen LogP contribution in [0.4, 0.5) is 22.0 Å². The molecule has 6 nitrogen and oxygen atoms in total. The van der Waals surface area contributed by atoms with Crippen molar-refractivity contribution in [1.29, 1.82) is 0 Å². The van der Waals surface area contributed by atoms with Crippen molar-refractivity contribution in [1.82, 2.24) is 0 Å². The van der Waals surface area contributed by atoms with Gasteiger partial charge in [0.05, 0.1) is 13.7 Å². The van der Waals surface area contributed by atoms with Crippen LogP contribution < -0.4 is 9.47 Å². The average Bonchev–Trinajstić information content (AvgIpc) is 2.59. The van der Waals surface area contributed by atoms with Gasteiger partial charge in [0.2, 0.25) is 0 Å². The van der Waals surface area contributed by atoms with Gasteiger partial charge in [0, 0.05) is 6.61 Å². The molecule has 0 amide bonds. The molecule has 1 aromatic rings. The minimum absolute atomic E-state index is 0.0712. The first kappa shape index (κ1) is 22.6. The molecule has 1 rings (SSSR count). The van der Waals surface area contributed by atoms with Crippen LogP contribution in [0.2, 0.25) is 0 Å². The highest BCUT2D eigenvalue weighted by Gasteiger charge is 2.65. The zero-order valence-corrected chi connectivity index (χ0v) is 14.6. The van der Waals surface area contributed by atoms with E-state index >= 15 is 0 Å². The minimum Gasteiger partial charge on any atom is -0.493 e. The van der Waals surface area contributed by atoms with E-state index in [1.165, 1.54) is 0 Å². The van der Waals surface area contributed by atoms with E-state index in [0.29, 0.717) is 0 Å². The summed E-state index contributed by atoms with van der Waals surface area (Å²) in [7, 11) is 1.07. The third kappa shape index (κ3) is 5.28. The number of halogens is 5. The van der Waals surface area contributed by atoms with Gasteiger partial charge in [0.15, 0.2) is 17.6 Å². The lowest BCUT2D eigenvalue weighted by atomic mass is 10.1. The third-order valence-corrected chi connectivity index (χ3v) is 3.14. The van der Waals surface area contributed by atoms with E-state index in [1.807, 2.05) is 0 Å². The molecule has 0 aromatic heterocycles. The second-order valence-corrected chi connectivity index (χ2v) is 4.96. The third-order valence-electron chi connectivity index (χ3n) is 3.14. The maximum absolute atomic E-state index is 13.0. The smallest absolute Gasteiger partial charge is 0.465 e. The van der Waals surface area contributed by atoms with Crippen molar-refractivity contribution in [2.75, 3.05) is 20.3 Å². The molecule has 0 radical (unpaired) electrons. The largest absolute Gasteiger partial charge is 0.493 e. The first-order valence-electron chi connectivity index (χ1n) is 7.62. The molecule has 0 saturated heterocycles. The Bertz CT molecular complexity index is 674. The van der Waals surface area contributed by atoms with Gasteiger partial charge in [-0.15, -0.1) is 0 Å². The number of carbonyl (C=O) groups excluding carboxylic acids is 2. The summed E-state index contributed by atoms with van der Waals surface area (Å²) in [6.07, 6.45) is -7.30. The summed E-state index contributed by atoms with van der Waals surface area (Å²) < 4.78 is 81.8.